The number of likely N-dealkylation sites (tertiary alicyclic amines) is 2. The molecule has 210 valence electrons. The van der Waals surface area contributed by atoms with Crippen LogP contribution in [0.2, 0.25) is 0 Å². The molecule has 1 saturated carbocycles. The molecular weight excluding hydrogens is 516 g/mol. The fourth-order valence-corrected chi connectivity index (χ4v) is 6.90. The molecule has 7 rings (SSSR count). The minimum absolute atomic E-state index is 0.00109. The SMILES string of the molecule is C=CC(=O)N1CCC2(CC(n3c(NC(=O)c4cc(-c5ccccc5)no4)nc4cc(CN5CCCC5)ccc43)C2)C1. The van der Waals surface area contributed by atoms with Crippen molar-refractivity contribution in [2.24, 2.45) is 5.41 Å². The molecule has 2 aromatic heterocycles. The second kappa shape index (κ2) is 10.3. The zero-order valence-corrected chi connectivity index (χ0v) is 23.1. The topological polar surface area (TPSA) is 96.5 Å². The average Bonchev–Trinajstić information content (AvgIpc) is 3.78. The Morgan fingerprint density at radius 3 is 2.66 bits per heavy atom. The molecule has 3 aliphatic rings. The van der Waals surface area contributed by atoms with E-state index in [-0.39, 0.29) is 29.0 Å². The van der Waals surface area contributed by atoms with Crippen LogP contribution in [-0.4, -0.2) is 62.5 Å². The third kappa shape index (κ3) is 4.84. The van der Waals surface area contributed by atoms with Gasteiger partial charge < -0.3 is 14.0 Å². The van der Waals surface area contributed by atoms with Crippen molar-refractivity contribution in [3.05, 3.63) is 78.6 Å². The van der Waals surface area contributed by atoms with Crippen molar-refractivity contribution in [2.45, 2.75) is 44.7 Å². The van der Waals surface area contributed by atoms with Gasteiger partial charge in [-0.25, -0.2) is 4.98 Å². The summed E-state index contributed by atoms with van der Waals surface area (Å²) in [5, 5.41) is 7.14. The molecule has 4 aromatic rings. The molecule has 0 radical (unpaired) electrons. The Morgan fingerprint density at radius 2 is 1.88 bits per heavy atom. The van der Waals surface area contributed by atoms with E-state index in [4.69, 9.17) is 9.51 Å². The van der Waals surface area contributed by atoms with Gasteiger partial charge in [0.25, 0.3) is 5.91 Å². The summed E-state index contributed by atoms with van der Waals surface area (Å²) in [7, 11) is 0. The first-order chi connectivity index (χ1) is 20.0. The van der Waals surface area contributed by atoms with Gasteiger partial charge in [-0.3, -0.25) is 19.8 Å². The molecule has 3 fully saturated rings. The fourth-order valence-electron chi connectivity index (χ4n) is 6.90. The van der Waals surface area contributed by atoms with Gasteiger partial charge in [0.1, 0.15) is 5.69 Å². The second-order valence-corrected chi connectivity index (χ2v) is 11.8. The number of nitrogens with zero attached hydrogens (tertiary/aromatic N) is 5. The number of nitrogens with one attached hydrogen (secondary N) is 1. The average molecular weight is 551 g/mol. The van der Waals surface area contributed by atoms with E-state index in [2.05, 4.69) is 44.7 Å². The maximum Gasteiger partial charge on any atom is 0.296 e. The quantitative estimate of drug-likeness (QED) is 0.315. The Balaban J connectivity index is 1.16. The van der Waals surface area contributed by atoms with Crippen LogP contribution in [0, 0.1) is 5.41 Å². The lowest BCUT2D eigenvalue weighted by atomic mass is 9.64. The van der Waals surface area contributed by atoms with Gasteiger partial charge in [-0.1, -0.05) is 48.1 Å². The van der Waals surface area contributed by atoms with Crippen LogP contribution in [-0.2, 0) is 11.3 Å². The Hall–Kier alpha value is -4.24. The lowest BCUT2D eigenvalue weighted by molar-refractivity contribution is -0.125. The van der Waals surface area contributed by atoms with Gasteiger partial charge in [0.15, 0.2) is 0 Å². The van der Waals surface area contributed by atoms with Gasteiger partial charge in [-0.15, -0.1) is 0 Å². The van der Waals surface area contributed by atoms with Gasteiger partial charge in [0.2, 0.25) is 17.6 Å². The molecule has 0 atom stereocenters. The lowest BCUT2D eigenvalue weighted by Gasteiger charge is -2.46. The molecule has 0 unspecified atom stereocenters. The molecule has 9 heteroatoms. The van der Waals surface area contributed by atoms with E-state index in [0.717, 1.165) is 68.6 Å². The molecule has 41 heavy (non-hydrogen) atoms. The molecule has 1 aliphatic carbocycles. The maximum absolute atomic E-state index is 13.4. The first-order valence-electron chi connectivity index (χ1n) is 14.5. The molecule has 2 amide bonds. The van der Waals surface area contributed by atoms with E-state index in [9.17, 15) is 9.59 Å². The van der Waals surface area contributed by atoms with Crippen molar-refractivity contribution in [1.29, 1.82) is 0 Å². The first-order valence-corrected chi connectivity index (χ1v) is 14.5. The Labute approximate surface area is 238 Å². The van der Waals surface area contributed by atoms with Crippen LogP contribution in [0.1, 0.15) is 54.3 Å². The fraction of sp³-hybridized carbons (Fsp3) is 0.375. The first kappa shape index (κ1) is 25.7. The van der Waals surface area contributed by atoms with Gasteiger partial charge in [-0.05, 0) is 74.4 Å². The highest BCUT2D eigenvalue weighted by Crippen LogP contribution is 2.55. The van der Waals surface area contributed by atoms with Crippen LogP contribution in [0.25, 0.3) is 22.3 Å². The number of carbonyl (C=O) groups is 2. The van der Waals surface area contributed by atoms with Crippen LogP contribution < -0.4 is 5.32 Å². The van der Waals surface area contributed by atoms with E-state index < -0.39 is 0 Å². The van der Waals surface area contributed by atoms with Crippen molar-refractivity contribution >= 4 is 28.8 Å². The summed E-state index contributed by atoms with van der Waals surface area (Å²) in [5.74, 6) is 0.263. The monoisotopic (exact) mass is 550 g/mol. The summed E-state index contributed by atoms with van der Waals surface area (Å²) in [5.41, 5.74) is 4.70. The van der Waals surface area contributed by atoms with Gasteiger partial charge in [0.05, 0.1) is 11.0 Å². The van der Waals surface area contributed by atoms with E-state index >= 15 is 0 Å². The number of aromatic nitrogens is 3. The molecule has 2 saturated heterocycles. The van der Waals surface area contributed by atoms with Crippen LogP contribution in [0.3, 0.4) is 0 Å². The van der Waals surface area contributed by atoms with Gasteiger partial charge >= 0.3 is 0 Å². The van der Waals surface area contributed by atoms with Gasteiger partial charge in [-0.2, -0.15) is 0 Å². The Bertz CT molecular complexity index is 1610. The highest BCUT2D eigenvalue weighted by atomic mass is 16.5. The highest BCUT2D eigenvalue weighted by Gasteiger charge is 2.50. The summed E-state index contributed by atoms with van der Waals surface area (Å²) in [6, 6.07) is 17.9. The summed E-state index contributed by atoms with van der Waals surface area (Å²) < 4.78 is 7.60. The number of imidazole rings is 1. The minimum Gasteiger partial charge on any atom is -0.350 e. The second-order valence-electron chi connectivity index (χ2n) is 11.8. The Morgan fingerprint density at radius 1 is 1.07 bits per heavy atom. The van der Waals surface area contributed by atoms with E-state index in [1.165, 1.54) is 24.5 Å². The van der Waals surface area contributed by atoms with Crippen LogP contribution in [0.5, 0.6) is 0 Å². The molecule has 1 spiro atoms. The highest BCUT2D eigenvalue weighted by molar-refractivity contribution is 6.02. The van der Waals surface area contributed by atoms with E-state index in [0.29, 0.717) is 11.6 Å². The number of carbonyl (C=O) groups excluding carboxylic acids is 2. The predicted octanol–water partition coefficient (Wildman–Crippen LogP) is 5.28. The summed E-state index contributed by atoms with van der Waals surface area (Å²) >= 11 is 0. The van der Waals surface area contributed by atoms with Crippen LogP contribution in [0.4, 0.5) is 5.95 Å². The van der Waals surface area contributed by atoms with Crippen LogP contribution in [0.15, 0.2) is 71.8 Å². The zero-order valence-electron chi connectivity index (χ0n) is 23.1. The van der Waals surface area contributed by atoms with Crippen molar-refractivity contribution in [2.75, 3.05) is 31.5 Å². The Kier molecular flexibility index (Phi) is 6.46. The number of fused-ring (bicyclic) bond motifs is 1. The molecule has 0 bridgehead atoms. The van der Waals surface area contributed by atoms with Gasteiger partial charge in [0, 0.05) is 37.3 Å². The van der Waals surface area contributed by atoms with E-state index in [1.807, 2.05) is 35.2 Å². The molecular formula is C32H34N6O3. The molecule has 2 aliphatic heterocycles. The number of amides is 2. The number of rotatable bonds is 7. The smallest absolute Gasteiger partial charge is 0.296 e. The van der Waals surface area contributed by atoms with Crippen molar-refractivity contribution in [1.82, 2.24) is 24.5 Å². The number of hydrogen-bond acceptors (Lipinski definition) is 6. The summed E-state index contributed by atoms with van der Waals surface area (Å²) in [6.07, 6.45) is 6.74. The van der Waals surface area contributed by atoms with Crippen molar-refractivity contribution in [3.63, 3.8) is 0 Å². The van der Waals surface area contributed by atoms with E-state index in [1.54, 1.807) is 6.07 Å². The number of benzene rings is 2. The summed E-state index contributed by atoms with van der Waals surface area (Å²) in [4.78, 5) is 34.9. The largest absolute Gasteiger partial charge is 0.350 e. The zero-order chi connectivity index (χ0) is 28.0. The predicted molar refractivity (Wildman–Crippen MR) is 156 cm³/mol. The van der Waals surface area contributed by atoms with Crippen LogP contribution >= 0.6 is 0 Å². The lowest BCUT2D eigenvalue weighted by Crippen LogP contribution is -2.42. The molecule has 9 nitrogen and oxygen atoms in total. The summed E-state index contributed by atoms with van der Waals surface area (Å²) in [6.45, 7) is 8.34. The molecule has 1 N–H and O–H groups in total. The standard InChI is InChI=1S/C32H34N6O3/c1-2-29(39)37-15-12-32(21-37)18-24(19-32)38-27-11-10-22(20-36-13-6-7-14-36)16-26(27)33-31(38)34-30(40)28-17-25(35-41-28)23-8-4-3-5-9-23/h2-5,8-11,16-17,24H,1,6-7,12-15,18-21H2,(H,33,34,40). The number of anilines is 1. The maximum atomic E-state index is 13.4. The minimum atomic E-state index is -0.383. The van der Waals surface area contributed by atoms with Crippen molar-refractivity contribution < 1.29 is 14.1 Å². The van der Waals surface area contributed by atoms with Crippen molar-refractivity contribution in [3.8, 4) is 11.3 Å². The normalized spacial score (nSPS) is 22.3. The molecule has 4 heterocycles. The molecule has 2 aromatic carbocycles. The third-order valence-corrected chi connectivity index (χ3v) is 9.01. The number of hydrogen-bond donors (Lipinski definition) is 1. The third-order valence-electron chi connectivity index (χ3n) is 9.01.